The van der Waals surface area contributed by atoms with Crippen LogP contribution in [-0.4, -0.2) is 25.8 Å². The molecule has 0 radical (unpaired) electrons. The van der Waals surface area contributed by atoms with Gasteiger partial charge in [-0.1, -0.05) is 13.5 Å². The highest BCUT2D eigenvalue weighted by molar-refractivity contribution is 5.81. The molecule has 0 rings (SSSR count). The minimum Gasteiger partial charge on any atom is -0.460 e. The molecule has 0 saturated heterocycles. The third kappa shape index (κ3) is 7.06. The lowest BCUT2D eigenvalue weighted by Gasteiger charge is -2.01. The second kappa shape index (κ2) is 7.28. The van der Waals surface area contributed by atoms with Crippen LogP contribution in [0.5, 0.6) is 0 Å². The molecule has 0 atom stereocenters. The largest absolute Gasteiger partial charge is 0.460 e. The molecule has 0 bridgehead atoms. The topological polar surface area (TPSA) is 35.5 Å². The van der Waals surface area contributed by atoms with E-state index in [2.05, 4.69) is 11.3 Å². The maximum absolute atomic E-state index is 10.4. The molecule has 0 saturated carbocycles. The fraction of sp³-hybridized carbons (Fsp3) is 0.625. The number of rotatable bonds is 6. The second-order valence-electron chi connectivity index (χ2n) is 1.98. The molecule has 0 unspecified atom stereocenters. The van der Waals surface area contributed by atoms with Gasteiger partial charge in [-0.15, -0.1) is 0 Å². The summed E-state index contributed by atoms with van der Waals surface area (Å²) >= 11 is 0. The fourth-order valence-corrected chi connectivity index (χ4v) is 0.507. The van der Waals surface area contributed by atoms with Crippen LogP contribution in [-0.2, 0) is 14.3 Å². The van der Waals surface area contributed by atoms with Crippen molar-refractivity contribution in [3.63, 3.8) is 0 Å². The molecule has 0 amide bonds. The highest BCUT2D eigenvalue weighted by Crippen LogP contribution is 1.83. The van der Waals surface area contributed by atoms with Crippen LogP contribution in [0.4, 0.5) is 0 Å². The maximum Gasteiger partial charge on any atom is 0.330 e. The molecule has 0 aromatic heterocycles. The van der Waals surface area contributed by atoms with Crippen LogP contribution in [0.2, 0.25) is 0 Å². The summed E-state index contributed by atoms with van der Waals surface area (Å²) in [6, 6.07) is 0. The van der Waals surface area contributed by atoms with E-state index in [9.17, 15) is 4.79 Å². The summed E-state index contributed by atoms with van der Waals surface area (Å²) in [7, 11) is 0. The van der Waals surface area contributed by atoms with Crippen LogP contribution < -0.4 is 0 Å². The zero-order valence-corrected chi connectivity index (χ0v) is 6.84. The second-order valence-corrected chi connectivity index (χ2v) is 1.98. The molecule has 0 aliphatic rings. The molecule has 64 valence electrons. The molecule has 0 aliphatic heterocycles. The SMILES string of the molecule is C=CC(=O)OCCOCCC. The van der Waals surface area contributed by atoms with E-state index in [4.69, 9.17) is 4.74 Å². The van der Waals surface area contributed by atoms with E-state index >= 15 is 0 Å². The van der Waals surface area contributed by atoms with Crippen molar-refractivity contribution in [3.05, 3.63) is 12.7 Å². The third-order valence-corrected chi connectivity index (χ3v) is 0.987. The summed E-state index contributed by atoms with van der Waals surface area (Å²) in [6.07, 6.45) is 2.12. The van der Waals surface area contributed by atoms with Gasteiger partial charge in [-0.3, -0.25) is 0 Å². The van der Waals surface area contributed by atoms with E-state index in [-0.39, 0.29) is 0 Å². The van der Waals surface area contributed by atoms with Gasteiger partial charge in [0.05, 0.1) is 6.61 Å². The van der Waals surface area contributed by atoms with Crippen molar-refractivity contribution in [3.8, 4) is 0 Å². The van der Waals surface area contributed by atoms with Gasteiger partial charge in [0.25, 0.3) is 0 Å². The average molecular weight is 158 g/mol. The normalized spacial score (nSPS) is 9.18. The number of ether oxygens (including phenoxy) is 2. The lowest BCUT2D eigenvalue weighted by molar-refractivity contribution is -0.139. The van der Waals surface area contributed by atoms with E-state index < -0.39 is 5.97 Å². The van der Waals surface area contributed by atoms with Crippen molar-refractivity contribution in [2.75, 3.05) is 19.8 Å². The Morgan fingerprint density at radius 2 is 2.18 bits per heavy atom. The lowest BCUT2D eigenvalue weighted by Crippen LogP contribution is -2.08. The van der Waals surface area contributed by atoms with E-state index in [0.29, 0.717) is 19.8 Å². The maximum atomic E-state index is 10.4. The minimum absolute atomic E-state index is 0.310. The molecule has 0 fully saturated rings. The van der Waals surface area contributed by atoms with Crippen LogP contribution in [0.15, 0.2) is 12.7 Å². The smallest absolute Gasteiger partial charge is 0.330 e. The number of esters is 1. The molecule has 0 aliphatic carbocycles. The van der Waals surface area contributed by atoms with Gasteiger partial charge in [0.15, 0.2) is 0 Å². The predicted octanol–water partition coefficient (Wildman–Crippen LogP) is 1.14. The van der Waals surface area contributed by atoms with Crippen LogP contribution in [0, 0.1) is 0 Å². The van der Waals surface area contributed by atoms with E-state index in [1.54, 1.807) is 0 Å². The lowest BCUT2D eigenvalue weighted by atomic mass is 10.5. The van der Waals surface area contributed by atoms with Crippen LogP contribution in [0.1, 0.15) is 13.3 Å². The van der Waals surface area contributed by atoms with E-state index in [0.717, 1.165) is 12.5 Å². The zero-order valence-electron chi connectivity index (χ0n) is 6.84. The molecular weight excluding hydrogens is 144 g/mol. The summed E-state index contributed by atoms with van der Waals surface area (Å²) in [5.41, 5.74) is 0. The monoisotopic (exact) mass is 158 g/mol. The first-order valence-electron chi connectivity index (χ1n) is 3.68. The first-order chi connectivity index (χ1) is 5.31. The van der Waals surface area contributed by atoms with Gasteiger partial charge < -0.3 is 9.47 Å². The first kappa shape index (κ1) is 10.2. The Balaban J connectivity index is 3.01. The number of hydrogen-bond acceptors (Lipinski definition) is 3. The highest BCUT2D eigenvalue weighted by atomic mass is 16.6. The van der Waals surface area contributed by atoms with Crippen LogP contribution >= 0.6 is 0 Å². The van der Waals surface area contributed by atoms with Crippen molar-refractivity contribution in [1.29, 1.82) is 0 Å². The van der Waals surface area contributed by atoms with Gasteiger partial charge in [-0.2, -0.15) is 0 Å². The molecule has 0 heterocycles. The van der Waals surface area contributed by atoms with E-state index in [1.807, 2.05) is 6.92 Å². The van der Waals surface area contributed by atoms with Crippen molar-refractivity contribution < 1.29 is 14.3 Å². The highest BCUT2D eigenvalue weighted by Gasteiger charge is 1.93. The molecular formula is C8H14O3. The van der Waals surface area contributed by atoms with Gasteiger partial charge in [0.1, 0.15) is 6.61 Å². The summed E-state index contributed by atoms with van der Waals surface area (Å²) in [4.78, 5) is 10.4. The molecule has 0 spiro atoms. The molecule has 0 aromatic carbocycles. The van der Waals surface area contributed by atoms with Crippen molar-refractivity contribution in [2.45, 2.75) is 13.3 Å². The zero-order chi connectivity index (χ0) is 8.53. The Morgan fingerprint density at radius 3 is 2.73 bits per heavy atom. The summed E-state index contributed by atoms with van der Waals surface area (Å²) in [5.74, 6) is -0.398. The fourth-order valence-electron chi connectivity index (χ4n) is 0.507. The third-order valence-electron chi connectivity index (χ3n) is 0.987. The Morgan fingerprint density at radius 1 is 1.45 bits per heavy atom. The standard InChI is InChI=1S/C8H14O3/c1-3-5-10-6-7-11-8(9)4-2/h4H,2-3,5-7H2,1H3. The minimum atomic E-state index is -0.398. The Labute approximate surface area is 67.0 Å². The van der Waals surface area contributed by atoms with Gasteiger partial charge in [0.2, 0.25) is 0 Å². The van der Waals surface area contributed by atoms with E-state index in [1.165, 1.54) is 0 Å². The van der Waals surface area contributed by atoms with Gasteiger partial charge in [-0.05, 0) is 6.42 Å². The van der Waals surface area contributed by atoms with Gasteiger partial charge in [-0.25, -0.2) is 4.79 Å². The Bertz CT molecular complexity index is 121. The molecule has 11 heavy (non-hydrogen) atoms. The van der Waals surface area contributed by atoms with Crippen LogP contribution in [0.25, 0.3) is 0 Å². The van der Waals surface area contributed by atoms with Crippen molar-refractivity contribution >= 4 is 5.97 Å². The first-order valence-corrected chi connectivity index (χ1v) is 3.68. The van der Waals surface area contributed by atoms with Crippen LogP contribution in [0.3, 0.4) is 0 Å². The Hall–Kier alpha value is -0.830. The van der Waals surface area contributed by atoms with Crippen molar-refractivity contribution in [1.82, 2.24) is 0 Å². The van der Waals surface area contributed by atoms with Gasteiger partial charge in [0, 0.05) is 12.7 Å². The molecule has 3 heteroatoms. The summed E-state index contributed by atoms with van der Waals surface area (Å²) in [6.45, 7) is 6.77. The number of hydrogen-bond donors (Lipinski definition) is 0. The van der Waals surface area contributed by atoms with Crippen molar-refractivity contribution in [2.24, 2.45) is 0 Å². The summed E-state index contributed by atoms with van der Waals surface area (Å²) in [5, 5.41) is 0. The predicted molar refractivity (Wildman–Crippen MR) is 42.3 cm³/mol. The number of carbonyl (C=O) groups excluding carboxylic acids is 1. The van der Waals surface area contributed by atoms with Gasteiger partial charge >= 0.3 is 5.97 Å². The number of carbonyl (C=O) groups is 1. The molecule has 3 nitrogen and oxygen atoms in total. The summed E-state index contributed by atoms with van der Waals surface area (Å²) < 4.78 is 9.72. The average Bonchev–Trinajstić information content (AvgIpc) is 2.04. The molecule has 0 N–H and O–H groups in total. The quantitative estimate of drug-likeness (QED) is 0.330. The molecule has 0 aromatic rings. The Kier molecular flexibility index (Phi) is 6.73.